The Kier molecular flexibility index (Phi) is 6.80. The van der Waals surface area contributed by atoms with Crippen LogP contribution in [0.15, 0.2) is 47.1 Å². The largest absolute Gasteiger partial charge is 0.354 e. The first kappa shape index (κ1) is 22.0. The van der Waals surface area contributed by atoms with E-state index < -0.39 is 0 Å². The summed E-state index contributed by atoms with van der Waals surface area (Å²) in [6.45, 7) is 8.29. The molecule has 168 valence electrons. The first-order chi connectivity index (χ1) is 15.5. The lowest BCUT2D eigenvalue weighted by Gasteiger charge is -2.33. The van der Waals surface area contributed by atoms with Gasteiger partial charge in [-0.1, -0.05) is 43.3 Å². The van der Waals surface area contributed by atoms with Gasteiger partial charge in [-0.2, -0.15) is 4.98 Å². The number of hydrogen-bond donors (Lipinski definition) is 1. The average Bonchev–Trinajstić information content (AvgIpc) is 3.28. The molecule has 1 N–H and O–H groups in total. The summed E-state index contributed by atoms with van der Waals surface area (Å²) in [5.74, 6) is 2.30. The Morgan fingerprint density at radius 1 is 1.09 bits per heavy atom. The monoisotopic (exact) mass is 434 g/mol. The van der Waals surface area contributed by atoms with E-state index in [1.807, 2.05) is 24.3 Å². The molecule has 0 atom stereocenters. The van der Waals surface area contributed by atoms with Crippen molar-refractivity contribution >= 4 is 17.4 Å². The SMILES string of the molecule is CC(C)c1ccc(-c2noc(CCC(=O)Nc3ccc(N4CCN(C)CC4)nc3)n2)cc1. The molecule has 8 heteroatoms. The minimum Gasteiger partial charge on any atom is -0.354 e. The third kappa shape index (κ3) is 5.50. The molecule has 0 unspecified atom stereocenters. The van der Waals surface area contributed by atoms with Crippen LogP contribution in [0.25, 0.3) is 11.4 Å². The second-order valence-electron chi connectivity index (χ2n) is 8.53. The smallest absolute Gasteiger partial charge is 0.227 e. The fourth-order valence-corrected chi connectivity index (χ4v) is 3.62. The van der Waals surface area contributed by atoms with Crippen LogP contribution in [0, 0.1) is 0 Å². The predicted octanol–water partition coefficient (Wildman–Crippen LogP) is 3.58. The summed E-state index contributed by atoms with van der Waals surface area (Å²) in [4.78, 5) is 25.8. The van der Waals surface area contributed by atoms with Gasteiger partial charge in [0.15, 0.2) is 0 Å². The molecule has 1 aliphatic heterocycles. The zero-order valence-electron chi connectivity index (χ0n) is 18.9. The van der Waals surface area contributed by atoms with Gasteiger partial charge in [0.05, 0.1) is 11.9 Å². The van der Waals surface area contributed by atoms with Gasteiger partial charge in [0.2, 0.25) is 17.6 Å². The van der Waals surface area contributed by atoms with Crippen LogP contribution in [-0.4, -0.2) is 59.2 Å². The fourth-order valence-electron chi connectivity index (χ4n) is 3.62. The molecule has 32 heavy (non-hydrogen) atoms. The number of carbonyl (C=O) groups excluding carboxylic acids is 1. The van der Waals surface area contributed by atoms with Gasteiger partial charge in [0, 0.05) is 44.6 Å². The highest BCUT2D eigenvalue weighted by molar-refractivity contribution is 5.90. The standard InChI is InChI=1S/C24H30N6O2/c1-17(2)18-4-6-19(7-5-18)24-27-23(32-28-24)11-10-22(31)26-20-8-9-21(25-16-20)30-14-12-29(3)13-15-30/h4-9,16-17H,10-15H2,1-3H3,(H,26,31). The van der Waals surface area contributed by atoms with Gasteiger partial charge in [-0.05, 0) is 30.7 Å². The molecule has 1 aromatic carbocycles. The van der Waals surface area contributed by atoms with Crippen molar-refractivity contribution in [2.45, 2.75) is 32.6 Å². The van der Waals surface area contributed by atoms with E-state index in [0.717, 1.165) is 37.6 Å². The summed E-state index contributed by atoms with van der Waals surface area (Å²) < 4.78 is 5.33. The molecule has 2 aromatic heterocycles. The second-order valence-corrected chi connectivity index (χ2v) is 8.53. The van der Waals surface area contributed by atoms with Gasteiger partial charge in [-0.15, -0.1) is 0 Å². The van der Waals surface area contributed by atoms with Crippen molar-refractivity contribution < 1.29 is 9.32 Å². The summed E-state index contributed by atoms with van der Waals surface area (Å²) >= 11 is 0. The van der Waals surface area contributed by atoms with Crippen LogP contribution in [-0.2, 0) is 11.2 Å². The van der Waals surface area contributed by atoms with Gasteiger partial charge in [0.1, 0.15) is 5.82 Å². The number of anilines is 2. The molecule has 4 rings (SSSR count). The molecule has 0 saturated carbocycles. The zero-order valence-corrected chi connectivity index (χ0v) is 18.9. The third-order valence-electron chi connectivity index (χ3n) is 5.73. The van der Waals surface area contributed by atoms with Crippen LogP contribution in [0.5, 0.6) is 0 Å². The number of rotatable bonds is 7. The Morgan fingerprint density at radius 3 is 2.50 bits per heavy atom. The minimum absolute atomic E-state index is 0.111. The Bertz CT molecular complexity index is 1020. The number of amides is 1. The zero-order chi connectivity index (χ0) is 22.5. The molecule has 1 aliphatic rings. The van der Waals surface area contributed by atoms with Crippen molar-refractivity contribution in [3.05, 3.63) is 54.0 Å². The van der Waals surface area contributed by atoms with Gasteiger partial charge in [-0.3, -0.25) is 4.79 Å². The van der Waals surface area contributed by atoms with Crippen LogP contribution in [0.1, 0.15) is 37.6 Å². The van der Waals surface area contributed by atoms with Crippen molar-refractivity contribution in [2.75, 3.05) is 43.4 Å². The molecule has 0 bridgehead atoms. The minimum atomic E-state index is -0.111. The molecule has 1 amide bonds. The molecule has 3 aromatic rings. The van der Waals surface area contributed by atoms with Crippen LogP contribution >= 0.6 is 0 Å². The highest BCUT2D eigenvalue weighted by atomic mass is 16.5. The predicted molar refractivity (Wildman–Crippen MR) is 125 cm³/mol. The maximum Gasteiger partial charge on any atom is 0.227 e. The molecule has 3 heterocycles. The van der Waals surface area contributed by atoms with Gasteiger partial charge in [-0.25, -0.2) is 4.98 Å². The number of pyridine rings is 1. The Morgan fingerprint density at radius 2 is 1.84 bits per heavy atom. The normalized spacial score (nSPS) is 14.7. The number of likely N-dealkylation sites (N-methyl/N-ethyl adjacent to an activating group) is 1. The molecule has 8 nitrogen and oxygen atoms in total. The first-order valence-electron chi connectivity index (χ1n) is 11.1. The Labute approximate surface area is 188 Å². The van der Waals surface area contributed by atoms with Crippen molar-refractivity contribution in [3.8, 4) is 11.4 Å². The summed E-state index contributed by atoms with van der Waals surface area (Å²) in [5.41, 5.74) is 2.85. The van der Waals surface area contributed by atoms with Gasteiger partial charge in [0.25, 0.3) is 0 Å². The van der Waals surface area contributed by atoms with E-state index in [-0.39, 0.29) is 12.3 Å². The number of benzene rings is 1. The third-order valence-corrected chi connectivity index (χ3v) is 5.73. The average molecular weight is 435 g/mol. The highest BCUT2D eigenvalue weighted by Gasteiger charge is 2.15. The van der Waals surface area contributed by atoms with Crippen LogP contribution in [0.2, 0.25) is 0 Å². The summed E-state index contributed by atoms with van der Waals surface area (Å²) in [5, 5.41) is 6.93. The van der Waals surface area contributed by atoms with Gasteiger partial charge < -0.3 is 19.6 Å². The maximum atomic E-state index is 12.3. The summed E-state index contributed by atoms with van der Waals surface area (Å²) in [6.07, 6.45) is 2.35. The van der Waals surface area contributed by atoms with Gasteiger partial charge >= 0.3 is 0 Å². The lowest BCUT2D eigenvalue weighted by atomic mass is 10.0. The number of piperazine rings is 1. The number of nitrogens with one attached hydrogen (secondary N) is 1. The lowest BCUT2D eigenvalue weighted by Crippen LogP contribution is -2.44. The fraction of sp³-hybridized carbons (Fsp3) is 0.417. The second kappa shape index (κ2) is 9.91. The number of nitrogens with zero attached hydrogens (tertiary/aromatic N) is 5. The molecular weight excluding hydrogens is 404 g/mol. The topological polar surface area (TPSA) is 87.4 Å². The number of aromatic nitrogens is 3. The van der Waals surface area contributed by atoms with E-state index in [4.69, 9.17) is 4.52 Å². The molecule has 1 saturated heterocycles. The van der Waals surface area contributed by atoms with Crippen molar-refractivity contribution in [1.82, 2.24) is 20.0 Å². The van der Waals surface area contributed by atoms with Crippen molar-refractivity contribution in [1.29, 1.82) is 0 Å². The first-order valence-corrected chi connectivity index (χ1v) is 11.1. The van der Waals surface area contributed by atoms with Crippen LogP contribution in [0.3, 0.4) is 0 Å². The molecular formula is C24H30N6O2. The Hall–Kier alpha value is -3.26. The maximum absolute atomic E-state index is 12.3. The van der Waals surface area contributed by atoms with E-state index in [1.54, 1.807) is 6.20 Å². The number of aryl methyl sites for hydroxylation is 1. The molecule has 1 fully saturated rings. The van der Waals surface area contributed by atoms with E-state index in [2.05, 4.69) is 63.3 Å². The highest BCUT2D eigenvalue weighted by Crippen LogP contribution is 2.21. The van der Waals surface area contributed by atoms with E-state index in [1.165, 1.54) is 5.56 Å². The lowest BCUT2D eigenvalue weighted by molar-refractivity contribution is -0.116. The van der Waals surface area contributed by atoms with E-state index >= 15 is 0 Å². The van der Waals surface area contributed by atoms with Crippen molar-refractivity contribution in [3.63, 3.8) is 0 Å². The molecule has 0 aliphatic carbocycles. The van der Waals surface area contributed by atoms with E-state index in [9.17, 15) is 4.79 Å². The molecule has 0 spiro atoms. The van der Waals surface area contributed by atoms with Crippen LogP contribution < -0.4 is 10.2 Å². The van der Waals surface area contributed by atoms with Crippen LogP contribution in [0.4, 0.5) is 11.5 Å². The van der Waals surface area contributed by atoms with E-state index in [0.29, 0.717) is 29.7 Å². The number of hydrogen-bond acceptors (Lipinski definition) is 7. The Balaban J connectivity index is 1.27. The number of carbonyl (C=O) groups is 1. The summed E-state index contributed by atoms with van der Waals surface area (Å²) in [6, 6.07) is 12.0. The summed E-state index contributed by atoms with van der Waals surface area (Å²) in [7, 11) is 2.13. The van der Waals surface area contributed by atoms with Crippen molar-refractivity contribution in [2.24, 2.45) is 0 Å². The molecule has 0 radical (unpaired) electrons. The quantitative estimate of drug-likeness (QED) is 0.608.